The standard InChI is InChI=1S/C25H23ClN2O5S/c1-3-33-25(30)17-4-9-21(10-5-17)27-24(29)18-6-13-23-19(15-18)14-16(2)28(23)34(31,32)22-11-7-20(26)8-12-22/h4-13,15-16H,3,14H2,1-2H3,(H,27,29)/t16-/m0/s1. The topological polar surface area (TPSA) is 92.8 Å². The first-order valence-corrected chi connectivity index (χ1v) is 12.5. The van der Waals surface area contributed by atoms with Gasteiger partial charge in [-0.3, -0.25) is 9.10 Å². The summed E-state index contributed by atoms with van der Waals surface area (Å²) in [6.07, 6.45) is 0.484. The van der Waals surface area contributed by atoms with E-state index in [0.717, 1.165) is 5.56 Å². The molecule has 0 aromatic heterocycles. The Kier molecular flexibility index (Phi) is 6.63. The molecule has 0 radical (unpaired) electrons. The third-order valence-corrected chi connectivity index (χ3v) is 7.71. The fourth-order valence-corrected chi connectivity index (χ4v) is 5.76. The van der Waals surface area contributed by atoms with Gasteiger partial charge >= 0.3 is 5.97 Å². The van der Waals surface area contributed by atoms with Gasteiger partial charge in [-0.2, -0.15) is 0 Å². The quantitative estimate of drug-likeness (QED) is 0.487. The summed E-state index contributed by atoms with van der Waals surface area (Å²) < 4.78 is 32.9. The molecule has 0 unspecified atom stereocenters. The van der Waals surface area contributed by atoms with Crippen LogP contribution in [-0.4, -0.2) is 32.9 Å². The van der Waals surface area contributed by atoms with Crippen molar-refractivity contribution in [3.8, 4) is 0 Å². The normalized spacial score (nSPS) is 15.0. The fourth-order valence-electron chi connectivity index (χ4n) is 3.94. The zero-order valence-electron chi connectivity index (χ0n) is 18.6. The van der Waals surface area contributed by atoms with Crippen molar-refractivity contribution in [1.29, 1.82) is 0 Å². The maximum Gasteiger partial charge on any atom is 0.338 e. The second-order valence-corrected chi connectivity index (χ2v) is 10.2. The van der Waals surface area contributed by atoms with Gasteiger partial charge in [0.2, 0.25) is 0 Å². The molecule has 1 amide bonds. The third kappa shape index (κ3) is 4.64. The molecule has 9 heteroatoms. The van der Waals surface area contributed by atoms with E-state index in [2.05, 4.69) is 5.32 Å². The summed E-state index contributed by atoms with van der Waals surface area (Å²) in [4.78, 5) is 24.7. The molecule has 1 N–H and O–H groups in total. The van der Waals surface area contributed by atoms with Gasteiger partial charge in [0.15, 0.2) is 0 Å². The van der Waals surface area contributed by atoms with E-state index in [4.69, 9.17) is 16.3 Å². The molecule has 0 aliphatic carbocycles. The Hall–Kier alpha value is -3.36. The molecule has 1 aliphatic heterocycles. The molecular formula is C25H23ClN2O5S. The highest BCUT2D eigenvalue weighted by molar-refractivity contribution is 7.92. The minimum absolute atomic E-state index is 0.157. The Morgan fingerprint density at radius 1 is 1.03 bits per heavy atom. The Morgan fingerprint density at radius 3 is 2.32 bits per heavy atom. The van der Waals surface area contributed by atoms with Crippen molar-refractivity contribution in [3.05, 3.63) is 88.4 Å². The lowest BCUT2D eigenvalue weighted by Gasteiger charge is -2.24. The predicted octanol–water partition coefficient (Wildman–Crippen LogP) is 4.91. The van der Waals surface area contributed by atoms with Crippen molar-refractivity contribution in [2.24, 2.45) is 0 Å². The molecular weight excluding hydrogens is 476 g/mol. The van der Waals surface area contributed by atoms with E-state index in [0.29, 0.717) is 33.9 Å². The minimum Gasteiger partial charge on any atom is -0.462 e. The zero-order chi connectivity index (χ0) is 24.5. The second-order valence-electron chi connectivity index (χ2n) is 7.90. The number of hydrogen-bond donors (Lipinski definition) is 1. The Morgan fingerprint density at radius 2 is 1.68 bits per heavy atom. The van der Waals surface area contributed by atoms with Gasteiger partial charge in [0.1, 0.15) is 0 Å². The highest BCUT2D eigenvalue weighted by Gasteiger charge is 2.36. The van der Waals surface area contributed by atoms with Crippen LogP contribution >= 0.6 is 11.6 Å². The number of benzene rings is 3. The molecule has 3 aromatic rings. The van der Waals surface area contributed by atoms with E-state index in [9.17, 15) is 18.0 Å². The highest BCUT2D eigenvalue weighted by atomic mass is 35.5. The van der Waals surface area contributed by atoms with Gasteiger partial charge in [-0.15, -0.1) is 0 Å². The summed E-state index contributed by atoms with van der Waals surface area (Å²) in [5.41, 5.74) is 2.66. The van der Waals surface area contributed by atoms with Crippen LogP contribution in [0.25, 0.3) is 0 Å². The van der Waals surface area contributed by atoms with Gasteiger partial charge in [-0.1, -0.05) is 11.6 Å². The SMILES string of the molecule is CCOC(=O)c1ccc(NC(=O)c2ccc3c(c2)C[C@H](C)N3S(=O)(=O)c2ccc(Cl)cc2)cc1. The largest absolute Gasteiger partial charge is 0.462 e. The zero-order valence-corrected chi connectivity index (χ0v) is 20.2. The number of fused-ring (bicyclic) bond motifs is 1. The summed E-state index contributed by atoms with van der Waals surface area (Å²) in [7, 11) is -3.78. The fraction of sp³-hybridized carbons (Fsp3) is 0.200. The summed E-state index contributed by atoms with van der Waals surface area (Å²) in [5.74, 6) is -0.760. The van der Waals surface area contributed by atoms with Crippen LogP contribution in [0.3, 0.4) is 0 Å². The monoisotopic (exact) mass is 498 g/mol. The molecule has 0 spiro atoms. The molecule has 1 atom stereocenters. The van der Waals surface area contributed by atoms with Gasteiger partial charge in [-0.05, 0) is 92.6 Å². The number of carbonyl (C=O) groups excluding carboxylic acids is 2. The summed E-state index contributed by atoms with van der Waals surface area (Å²) >= 11 is 5.90. The average molecular weight is 499 g/mol. The van der Waals surface area contributed by atoms with Crippen LogP contribution in [0, 0.1) is 0 Å². The first-order valence-electron chi connectivity index (χ1n) is 10.7. The van der Waals surface area contributed by atoms with Crippen LogP contribution in [-0.2, 0) is 21.2 Å². The van der Waals surface area contributed by atoms with Crippen molar-refractivity contribution in [1.82, 2.24) is 0 Å². The van der Waals surface area contributed by atoms with Crippen molar-refractivity contribution in [2.75, 3.05) is 16.2 Å². The van der Waals surface area contributed by atoms with E-state index in [1.165, 1.54) is 16.4 Å². The number of esters is 1. The van der Waals surface area contributed by atoms with E-state index >= 15 is 0 Å². The van der Waals surface area contributed by atoms with Gasteiger partial charge < -0.3 is 10.1 Å². The number of nitrogens with zero attached hydrogens (tertiary/aromatic N) is 1. The highest BCUT2D eigenvalue weighted by Crippen LogP contribution is 2.37. The van der Waals surface area contributed by atoms with E-state index in [-0.39, 0.29) is 23.5 Å². The smallest absolute Gasteiger partial charge is 0.338 e. The number of halogens is 1. The number of ether oxygens (including phenoxy) is 1. The molecule has 34 heavy (non-hydrogen) atoms. The van der Waals surface area contributed by atoms with Crippen molar-refractivity contribution < 1.29 is 22.7 Å². The molecule has 0 saturated heterocycles. The first-order chi connectivity index (χ1) is 16.2. The lowest BCUT2D eigenvalue weighted by molar-refractivity contribution is 0.0526. The first kappa shape index (κ1) is 23.8. The molecule has 1 aliphatic rings. The molecule has 1 heterocycles. The van der Waals surface area contributed by atoms with E-state index in [1.807, 2.05) is 6.92 Å². The van der Waals surface area contributed by atoms with Crippen LogP contribution < -0.4 is 9.62 Å². The maximum absolute atomic E-state index is 13.3. The lowest BCUT2D eigenvalue weighted by Crippen LogP contribution is -2.35. The van der Waals surface area contributed by atoms with Crippen molar-refractivity contribution >= 4 is 44.9 Å². The average Bonchev–Trinajstić information content (AvgIpc) is 3.15. The van der Waals surface area contributed by atoms with Crippen molar-refractivity contribution in [3.63, 3.8) is 0 Å². The van der Waals surface area contributed by atoms with Gasteiger partial charge in [-0.25, -0.2) is 13.2 Å². The lowest BCUT2D eigenvalue weighted by atomic mass is 10.1. The molecule has 0 saturated carbocycles. The number of carbonyl (C=O) groups is 2. The number of nitrogens with one attached hydrogen (secondary N) is 1. The Bertz CT molecular complexity index is 1340. The number of amides is 1. The third-order valence-electron chi connectivity index (χ3n) is 5.52. The number of hydrogen-bond acceptors (Lipinski definition) is 5. The van der Waals surface area contributed by atoms with Crippen LogP contribution in [0.15, 0.2) is 71.6 Å². The van der Waals surface area contributed by atoms with Crippen molar-refractivity contribution in [2.45, 2.75) is 31.2 Å². The Labute approximate surface area is 203 Å². The predicted molar refractivity (Wildman–Crippen MR) is 131 cm³/mol. The van der Waals surface area contributed by atoms with E-state index < -0.39 is 16.0 Å². The molecule has 176 valence electrons. The molecule has 0 fully saturated rings. The van der Waals surface area contributed by atoms with Crippen LogP contribution in [0.1, 0.15) is 40.1 Å². The maximum atomic E-state index is 13.3. The number of anilines is 2. The Balaban J connectivity index is 1.54. The van der Waals surface area contributed by atoms with Crippen LogP contribution in [0.5, 0.6) is 0 Å². The molecule has 0 bridgehead atoms. The van der Waals surface area contributed by atoms with Crippen LogP contribution in [0.4, 0.5) is 11.4 Å². The summed E-state index contributed by atoms with van der Waals surface area (Å²) in [6.45, 7) is 3.85. The number of sulfonamides is 1. The van der Waals surface area contributed by atoms with Gasteiger partial charge in [0, 0.05) is 22.3 Å². The van der Waals surface area contributed by atoms with Crippen LogP contribution in [0.2, 0.25) is 5.02 Å². The minimum atomic E-state index is -3.78. The summed E-state index contributed by atoms with van der Waals surface area (Å²) in [5, 5.41) is 3.25. The van der Waals surface area contributed by atoms with Gasteiger partial charge in [0.05, 0.1) is 22.8 Å². The molecule has 7 nitrogen and oxygen atoms in total. The second kappa shape index (κ2) is 9.48. The van der Waals surface area contributed by atoms with E-state index in [1.54, 1.807) is 61.5 Å². The number of rotatable bonds is 6. The van der Waals surface area contributed by atoms with Gasteiger partial charge in [0.25, 0.3) is 15.9 Å². The summed E-state index contributed by atoms with van der Waals surface area (Å²) in [6, 6.07) is 17.1. The molecule has 3 aromatic carbocycles. The molecule has 4 rings (SSSR count).